The van der Waals surface area contributed by atoms with Gasteiger partial charge in [-0.2, -0.15) is 0 Å². The molecule has 0 radical (unpaired) electrons. The SMILES string of the molecule is c1cnoc1.c1nnn[nH]1. The Morgan fingerprint density at radius 3 is 2.60 bits per heavy atom. The lowest BCUT2D eigenvalue weighted by atomic mass is 10.8. The zero-order chi connectivity index (χ0) is 7.07. The number of hydrogen-bond donors (Lipinski definition) is 1. The summed E-state index contributed by atoms with van der Waals surface area (Å²) in [7, 11) is 0. The van der Waals surface area contributed by atoms with Gasteiger partial charge in [0.15, 0.2) is 0 Å². The molecule has 52 valence electrons. The Kier molecular flexibility index (Phi) is 2.68. The Morgan fingerprint density at radius 2 is 2.40 bits per heavy atom. The Bertz CT molecular complexity index is 153. The molecule has 2 heterocycles. The first kappa shape index (κ1) is 6.40. The van der Waals surface area contributed by atoms with Gasteiger partial charge in [0.2, 0.25) is 0 Å². The third kappa shape index (κ3) is 2.55. The van der Waals surface area contributed by atoms with Crippen molar-refractivity contribution in [1.29, 1.82) is 0 Å². The first-order valence-corrected chi connectivity index (χ1v) is 2.51. The number of nitrogens with one attached hydrogen (secondary N) is 1. The standard InChI is InChI=1S/C3H3NO.CH2N4/c2*1-2-4-5-3-1/h1-3H;1H,(H,2,3,4,5). The number of aromatic amines is 1. The van der Waals surface area contributed by atoms with E-state index < -0.39 is 0 Å². The number of H-pyrrole nitrogens is 1. The second-order valence-electron chi connectivity index (χ2n) is 1.25. The summed E-state index contributed by atoms with van der Waals surface area (Å²) >= 11 is 0. The molecule has 0 atom stereocenters. The third-order valence-corrected chi connectivity index (χ3v) is 0.617. The van der Waals surface area contributed by atoms with Crippen LogP contribution in [0, 0.1) is 0 Å². The zero-order valence-electron chi connectivity index (χ0n) is 5.01. The molecule has 0 aliphatic heterocycles. The topological polar surface area (TPSA) is 80.5 Å². The molecule has 0 aliphatic rings. The van der Waals surface area contributed by atoms with Gasteiger partial charge in [0.05, 0.1) is 6.20 Å². The summed E-state index contributed by atoms with van der Waals surface area (Å²) in [6.07, 6.45) is 4.50. The van der Waals surface area contributed by atoms with Crippen LogP contribution in [0.5, 0.6) is 0 Å². The van der Waals surface area contributed by atoms with Crippen LogP contribution in [0.3, 0.4) is 0 Å². The average Bonchev–Trinajstić information content (AvgIpc) is 2.67. The maximum atomic E-state index is 4.33. The lowest BCUT2D eigenvalue weighted by Gasteiger charge is -1.48. The van der Waals surface area contributed by atoms with E-state index in [9.17, 15) is 0 Å². The van der Waals surface area contributed by atoms with Gasteiger partial charge in [-0.1, -0.05) is 5.16 Å². The van der Waals surface area contributed by atoms with Crippen molar-refractivity contribution in [2.24, 2.45) is 0 Å². The quantitative estimate of drug-likeness (QED) is 0.550. The van der Waals surface area contributed by atoms with Crippen molar-refractivity contribution in [3.05, 3.63) is 24.9 Å². The van der Waals surface area contributed by atoms with Crippen LogP contribution < -0.4 is 0 Å². The van der Waals surface area contributed by atoms with E-state index in [0.717, 1.165) is 0 Å². The Morgan fingerprint density at radius 1 is 1.40 bits per heavy atom. The fourth-order valence-corrected chi connectivity index (χ4v) is 0.305. The maximum absolute atomic E-state index is 4.33. The molecule has 0 bridgehead atoms. The molecule has 0 aromatic carbocycles. The average molecular weight is 139 g/mol. The smallest absolute Gasteiger partial charge is 0.135 e. The zero-order valence-corrected chi connectivity index (χ0v) is 5.01. The molecule has 1 N–H and O–H groups in total. The number of nitrogens with zero attached hydrogens (tertiary/aromatic N) is 4. The van der Waals surface area contributed by atoms with Gasteiger partial charge in [-0.25, -0.2) is 5.10 Å². The monoisotopic (exact) mass is 139 g/mol. The minimum Gasteiger partial charge on any atom is -0.365 e. The highest BCUT2D eigenvalue weighted by Crippen LogP contribution is 1.72. The van der Waals surface area contributed by atoms with Crippen molar-refractivity contribution in [2.75, 3.05) is 0 Å². The minimum absolute atomic E-state index is 1.40. The van der Waals surface area contributed by atoms with Crippen molar-refractivity contribution in [3.8, 4) is 0 Å². The van der Waals surface area contributed by atoms with E-state index in [1.807, 2.05) is 0 Å². The summed E-state index contributed by atoms with van der Waals surface area (Å²) in [5.74, 6) is 0. The van der Waals surface area contributed by atoms with Crippen LogP contribution in [0.1, 0.15) is 0 Å². The molecule has 0 fully saturated rings. The van der Waals surface area contributed by atoms with Crippen molar-refractivity contribution in [3.63, 3.8) is 0 Å². The van der Waals surface area contributed by atoms with Gasteiger partial charge in [0.1, 0.15) is 12.6 Å². The van der Waals surface area contributed by atoms with Gasteiger partial charge in [-0.05, 0) is 16.5 Å². The summed E-state index contributed by atoms with van der Waals surface area (Å²) in [5.41, 5.74) is 0. The molecule has 0 amide bonds. The summed E-state index contributed by atoms with van der Waals surface area (Å²) in [4.78, 5) is 0. The van der Waals surface area contributed by atoms with Gasteiger partial charge in [-0.3, -0.25) is 0 Å². The van der Waals surface area contributed by atoms with E-state index in [1.54, 1.807) is 12.3 Å². The molecule has 2 aromatic heterocycles. The minimum atomic E-state index is 1.40. The summed E-state index contributed by atoms with van der Waals surface area (Å²) in [5, 5.41) is 15.4. The van der Waals surface area contributed by atoms with Gasteiger partial charge in [0, 0.05) is 0 Å². The molecule has 0 aliphatic carbocycles. The highest BCUT2D eigenvalue weighted by atomic mass is 16.5. The fourth-order valence-electron chi connectivity index (χ4n) is 0.305. The number of rotatable bonds is 0. The molecule has 0 saturated heterocycles. The lowest BCUT2D eigenvalue weighted by Crippen LogP contribution is -1.64. The molecule has 2 aromatic rings. The van der Waals surface area contributed by atoms with E-state index in [0.29, 0.717) is 0 Å². The Balaban J connectivity index is 0.0000001000. The normalized spacial score (nSPS) is 8.00. The third-order valence-electron chi connectivity index (χ3n) is 0.617. The van der Waals surface area contributed by atoms with E-state index in [4.69, 9.17) is 0 Å². The lowest BCUT2D eigenvalue weighted by molar-refractivity contribution is 0.420. The van der Waals surface area contributed by atoms with E-state index in [-0.39, 0.29) is 0 Å². The second-order valence-corrected chi connectivity index (χ2v) is 1.25. The van der Waals surface area contributed by atoms with Crippen LogP contribution in [0.2, 0.25) is 0 Å². The van der Waals surface area contributed by atoms with Gasteiger partial charge in [0.25, 0.3) is 0 Å². The highest BCUT2D eigenvalue weighted by molar-refractivity contribution is 4.67. The highest BCUT2D eigenvalue weighted by Gasteiger charge is 1.60. The van der Waals surface area contributed by atoms with E-state index in [1.165, 1.54) is 12.6 Å². The Hall–Kier alpha value is -1.72. The van der Waals surface area contributed by atoms with Gasteiger partial charge >= 0.3 is 0 Å². The summed E-state index contributed by atoms with van der Waals surface area (Å²) < 4.78 is 4.33. The molecule has 0 saturated carbocycles. The molecular weight excluding hydrogens is 134 g/mol. The van der Waals surface area contributed by atoms with Crippen LogP contribution in [-0.4, -0.2) is 25.8 Å². The van der Waals surface area contributed by atoms with Gasteiger partial charge in [-0.15, -0.1) is 5.10 Å². The second kappa shape index (κ2) is 4.19. The number of aromatic nitrogens is 5. The molecule has 10 heavy (non-hydrogen) atoms. The summed E-state index contributed by atoms with van der Waals surface area (Å²) in [6, 6.07) is 1.72. The molecule has 2 rings (SSSR count). The number of tetrazole rings is 1. The van der Waals surface area contributed by atoms with E-state index in [2.05, 4.69) is 30.3 Å². The van der Waals surface area contributed by atoms with Crippen LogP contribution in [0.25, 0.3) is 0 Å². The van der Waals surface area contributed by atoms with E-state index >= 15 is 0 Å². The van der Waals surface area contributed by atoms with Crippen molar-refractivity contribution in [2.45, 2.75) is 0 Å². The number of hydrogen-bond acceptors (Lipinski definition) is 5. The van der Waals surface area contributed by atoms with Crippen molar-refractivity contribution >= 4 is 0 Å². The van der Waals surface area contributed by atoms with Crippen LogP contribution in [0.4, 0.5) is 0 Å². The van der Waals surface area contributed by atoms with Crippen molar-refractivity contribution in [1.82, 2.24) is 25.8 Å². The van der Waals surface area contributed by atoms with Crippen molar-refractivity contribution < 1.29 is 4.52 Å². The predicted molar refractivity (Wildman–Crippen MR) is 30.7 cm³/mol. The first-order valence-electron chi connectivity index (χ1n) is 2.51. The summed E-state index contributed by atoms with van der Waals surface area (Å²) in [6.45, 7) is 0. The molecule has 0 unspecified atom stereocenters. The van der Waals surface area contributed by atoms with Crippen LogP contribution in [-0.2, 0) is 0 Å². The first-order chi connectivity index (χ1) is 5.00. The molecular formula is C4H5N5O. The molecule has 6 heteroatoms. The Labute approximate surface area is 56.2 Å². The molecule has 0 spiro atoms. The van der Waals surface area contributed by atoms with Crippen LogP contribution in [0.15, 0.2) is 29.4 Å². The fraction of sp³-hybridized carbons (Fsp3) is 0. The van der Waals surface area contributed by atoms with Crippen LogP contribution >= 0.6 is 0 Å². The largest absolute Gasteiger partial charge is 0.365 e. The predicted octanol–water partition coefficient (Wildman–Crippen LogP) is -0.126. The molecule has 6 nitrogen and oxygen atoms in total. The maximum Gasteiger partial charge on any atom is 0.135 e. The van der Waals surface area contributed by atoms with Gasteiger partial charge < -0.3 is 4.52 Å².